The van der Waals surface area contributed by atoms with Gasteiger partial charge in [-0.25, -0.2) is 9.78 Å². The normalized spacial score (nSPS) is 11.8. The van der Waals surface area contributed by atoms with Gasteiger partial charge in [0.25, 0.3) is 0 Å². The van der Waals surface area contributed by atoms with Crippen LogP contribution < -0.4 is 5.32 Å². The van der Waals surface area contributed by atoms with E-state index in [1.54, 1.807) is 27.9 Å². The molecule has 0 saturated heterocycles. The van der Waals surface area contributed by atoms with Gasteiger partial charge < -0.3 is 15.0 Å². The van der Waals surface area contributed by atoms with Crippen molar-refractivity contribution in [3.63, 3.8) is 0 Å². The van der Waals surface area contributed by atoms with E-state index in [4.69, 9.17) is 0 Å². The van der Waals surface area contributed by atoms with Crippen LogP contribution in [0.15, 0.2) is 0 Å². The summed E-state index contributed by atoms with van der Waals surface area (Å²) in [6.07, 6.45) is 0. The van der Waals surface area contributed by atoms with Crippen LogP contribution in [0.1, 0.15) is 22.3 Å². The van der Waals surface area contributed by atoms with Gasteiger partial charge in [-0.1, -0.05) is 0 Å². The molecule has 1 unspecified atom stereocenters. The second kappa shape index (κ2) is 5.81. The Kier molecular flexibility index (Phi) is 4.66. The molecule has 1 atom stereocenters. The minimum absolute atomic E-state index is 0.0533. The van der Waals surface area contributed by atoms with Crippen molar-refractivity contribution in [2.24, 2.45) is 0 Å². The highest BCUT2D eigenvalue weighted by Crippen LogP contribution is 2.23. The number of aryl methyl sites for hydroxylation is 1. The molecule has 1 rings (SSSR count). The lowest BCUT2D eigenvalue weighted by Crippen LogP contribution is -2.36. The molecule has 0 aliphatic carbocycles. The number of aromatic nitrogens is 1. The molecule has 0 aliphatic heterocycles. The molecule has 0 fully saturated rings. The third-order valence-electron chi connectivity index (χ3n) is 2.33. The third-order valence-corrected chi connectivity index (χ3v) is 3.23. The van der Waals surface area contributed by atoms with Crippen molar-refractivity contribution in [2.45, 2.75) is 19.9 Å². The summed E-state index contributed by atoms with van der Waals surface area (Å²) in [5.74, 6) is -0.522. The van der Waals surface area contributed by atoms with E-state index < -0.39 is 12.0 Å². The van der Waals surface area contributed by atoms with Crippen molar-refractivity contribution < 1.29 is 14.3 Å². The van der Waals surface area contributed by atoms with Crippen molar-refractivity contribution in [1.82, 2.24) is 9.88 Å². The molecule has 0 spiro atoms. The van der Waals surface area contributed by atoms with Gasteiger partial charge in [-0.15, -0.1) is 11.3 Å². The fourth-order valence-corrected chi connectivity index (χ4v) is 2.27. The van der Waals surface area contributed by atoms with Crippen molar-refractivity contribution in [1.29, 1.82) is 0 Å². The zero-order chi connectivity index (χ0) is 13.9. The Hall–Kier alpha value is -1.63. The maximum Gasteiger partial charge on any atom is 0.357 e. The highest BCUT2D eigenvalue weighted by Gasteiger charge is 2.19. The summed E-state index contributed by atoms with van der Waals surface area (Å²) in [5.41, 5.74) is 0.287. The number of anilines is 1. The number of nitrogens with one attached hydrogen (secondary N) is 1. The predicted molar refractivity (Wildman–Crippen MR) is 70.0 cm³/mol. The molecule has 1 N–H and O–H groups in total. The third kappa shape index (κ3) is 3.19. The SMILES string of the molecule is COC(=O)c1nc(NC(C)C(=O)N(C)C)sc1C. The molecular weight excluding hydrogens is 254 g/mol. The van der Waals surface area contributed by atoms with Gasteiger partial charge in [0.1, 0.15) is 6.04 Å². The van der Waals surface area contributed by atoms with Crippen LogP contribution in [0.3, 0.4) is 0 Å². The Morgan fingerprint density at radius 3 is 2.56 bits per heavy atom. The number of likely N-dealkylation sites (N-methyl/N-ethyl adjacent to an activating group) is 1. The minimum atomic E-state index is -0.469. The van der Waals surface area contributed by atoms with Crippen LogP contribution in [0.5, 0.6) is 0 Å². The molecule has 0 saturated carbocycles. The van der Waals surface area contributed by atoms with Crippen LogP contribution in [0, 0.1) is 6.92 Å². The summed E-state index contributed by atoms with van der Waals surface area (Å²) in [6.45, 7) is 3.53. The molecule has 0 bridgehead atoms. The quantitative estimate of drug-likeness (QED) is 0.831. The lowest BCUT2D eigenvalue weighted by atomic mass is 10.3. The average molecular weight is 271 g/mol. The van der Waals surface area contributed by atoms with E-state index in [9.17, 15) is 9.59 Å². The highest BCUT2D eigenvalue weighted by atomic mass is 32.1. The first kappa shape index (κ1) is 14.4. The summed E-state index contributed by atoms with van der Waals surface area (Å²) in [4.78, 5) is 29.5. The number of esters is 1. The van der Waals surface area contributed by atoms with E-state index >= 15 is 0 Å². The Morgan fingerprint density at radius 2 is 2.06 bits per heavy atom. The van der Waals surface area contributed by atoms with Crippen LogP contribution >= 0.6 is 11.3 Å². The number of nitrogens with zero attached hydrogens (tertiary/aromatic N) is 2. The topological polar surface area (TPSA) is 71.5 Å². The van der Waals surface area contributed by atoms with E-state index in [1.807, 2.05) is 0 Å². The van der Waals surface area contributed by atoms with Gasteiger partial charge in [0, 0.05) is 19.0 Å². The van der Waals surface area contributed by atoms with Gasteiger partial charge in [0.2, 0.25) is 5.91 Å². The molecule has 1 heterocycles. The fraction of sp³-hybridized carbons (Fsp3) is 0.545. The van der Waals surface area contributed by atoms with Gasteiger partial charge in [-0.3, -0.25) is 4.79 Å². The standard InChI is InChI=1S/C11H17N3O3S/c1-6(9(15)14(3)4)12-11-13-8(7(2)18-11)10(16)17-5/h6H,1-5H3,(H,12,13). The molecule has 0 aromatic carbocycles. The molecule has 1 amide bonds. The first-order valence-electron chi connectivity index (χ1n) is 5.40. The average Bonchev–Trinajstić information content (AvgIpc) is 2.67. The van der Waals surface area contributed by atoms with Crippen LogP contribution in [0.4, 0.5) is 5.13 Å². The second-order valence-electron chi connectivity index (χ2n) is 4.01. The van der Waals surface area contributed by atoms with E-state index in [2.05, 4.69) is 15.0 Å². The maximum atomic E-state index is 11.7. The van der Waals surface area contributed by atoms with Crippen molar-refractivity contribution in [3.05, 3.63) is 10.6 Å². The monoisotopic (exact) mass is 271 g/mol. The summed E-state index contributed by atoms with van der Waals surface area (Å²) in [7, 11) is 4.69. The number of ether oxygens (including phenoxy) is 1. The number of thiazole rings is 1. The number of rotatable bonds is 4. The molecule has 1 aromatic rings. The summed E-state index contributed by atoms with van der Waals surface area (Å²) < 4.78 is 4.62. The Balaban J connectivity index is 2.81. The number of hydrogen-bond acceptors (Lipinski definition) is 6. The predicted octanol–water partition coefficient (Wildman–Crippen LogP) is 1.13. The van der Waals surface area contributed by atoms with E-state index in [0.29, 0.717) is 5.13 Å². The Bertz CT molecular complexity index is 456. The number of hydrogen-bond donors (Lipinski definition) is 1. The number of carbonyl (C=O) groups is 2. The van der Waals surface area contributed by atoms with E-state index in [-0.39, 0.29) is 11.6 Å². The zero-order valence-electron chi connectivity index (χ0n) is 11.1. The first-order chi connectivity index (χ1) is 8.36. The fourth-order valence-electron chi connectivity index (χ4n) is 1.38. The lowest BCUT2D eigenvalue weighted by molar-refractivity contribution is -0.129. The number of carbonyl (C=O) groups excluding carboxylic acids is 2. The van der Waals surface area contributed by atoms with Crippen LogP contribution in [0.25, 0.3) is 0 Å². The lowest BCUT2D eigenvalue weighted by Gasteiger charge is -2.17. The van der Waals surface area contributed by atoms with Crippen LogP contribution in [-0.4, -0.2) is 49.0 Å². The zero-order valence-corrected chi connectivity index (χ0v) is 11.9. The number of amides is 1. The molecule has 7 heteroatoms. The summed E-state index contributed by atoms with van der Waals surface area (Å²) in [5, 5.41) is 3.51. The van der Waals surface area contributed by atoms with Crippen molar-refractivity contribution in [3.8, 4) is 0 Å². The van der Waals surface area contributed by atoms with Crippen LogP contribution in [-0.2, 0) is 9.53 Å². The Labute approximate surface area is 110 Å². The number of methoxy groups -OCH3 is 1. The van der Waals surface area contributed by atoms with Crippen molar-refractivity contribution in [2.75, 3.05) is 26.5 Å². The molecule has 1 aromatic heterocycles. The van der Waals surface area contributed by atoms with Gasteiger partial charge in [0.15, 0.2) is 10.8 Å². The molecule has 18 heavy (non-hydrogen) atoms. The molecule has 6 nitrogen and oxygen atoms in total. The molecular formula is C11H17N3O3S. The minimum Gasteiger partial charge on any atom is -0.464 e. The first-order valence-corrected chi connectivity index (χ1v) is 6.22. The molecule has 0 radical (unpaired) electrons. The Morgan fingerprint density at radius 1 is 1.44 bits per heavy atom. The summed E-state index contributed by atoms with van der Waals surface area (Å²) >= 11 is 1.32. The van der Waals surface area contributed by atoms with Gasteiger partial charge >= 0.3 is 5.97 Å². The summed E-state index contributed by atoms with van der Waals surface area (Å²) in [6, 6.07) is -0.393. The van der Waals surface area contributed by atoms with Gasteiger partial charge in [0.05, 0.1) is 7.11 Å². The highest BCUT2D eigenvalue weighted by molar-refractivity contribution is 7.15. The second-order valence-corrected chi connectivity index (χ2v) is 5.22. The van der Waals surface area contributed by atoms with Crippen LogP contribution in [0.2, 0.25) is 0 Å². The largest absolute Gasteiger partial charge is 0.464 e. The molecule has 100 valence electrons. The van der Waals surface area contributed by atoms with Gasteiger partial charge in [-0.2, -0.15) is 0 Å². The van der Waals surface area contributed by atoms with E-state index in [0.717, 1.165) is 4.88 Å². The smallest absolute Gasteiger partial charge is 0.357 e. The maximum absolute atomic E-state index is 11.7. The van der Waals surface area contributed by atoms with Gasteiger partial charge in [-0.05, 0) is 13.8 Å². The van der Waals surface area contributed by atoms with E-state index in [1.165, 1.54) is 23.3 Å². The van der Waals surface area contributed by atoms with Crippen molar-refractivity contribution >= 4 is 28.3 Å². The molecule has 0 aliphatic rings.